The number of ether oxygens (including phenoxy) is 1. The Labute approximate surface area is 129 Å². The van der Waals surface area contributed by atoms with Crippen LogP contribution in [0.5, 0.6) is 0 Å². The van der Waals surface area contributed by atoms with E-state index in [1.807, 2.05) is 19.0 Å². The van der Waals surface area contributed by atoms with Gasteiger partial charge in [-0.25, -0.2) is 4.79 Å². The maximum absolute atomic E-state index is 12.1. The Morgan fingerprint density at radius 3 is 2.52 bits per heavy atom. The van der Waals surface area contributed by atoms with E-state index in [1.54, 1.807) is 13.8 Å². The number of nitrogens with zero attached hydrogens (tertiary/aromatic N) is 1. The summed E-state index contributed by atoms with van der Waals surface area (Å²) in [5.74, 6) is -0.558. The van der Waals surface area contributed by atoms with Crippen LogP contribution in [0.4, 0.5) is 10.7 Å². The molecule has 7 heteroatoms. The van der Waals surface area contributed by atoms with Gasteiger partial charge in [0.1, 0.15) is 10.6 Å². The number of nitrogens with two attached hydrogens (primary N) is 1. The highest BCUT2D eigenvalue weighted by atomic mass is 32.1. The van der Waals surface area contributed by atoms with Gasteiger partial charge in [-0.1, -0.05) is 6.92 Å². The first-order valence-electron chi connectivity index (χ1n) is 6.93. The van der Waals surface area contributed by atoms with E-state index in [0.717, 1.165) is 6.54 Å². The number of carbonyl (C=O) groups excluding carboxylic acids is 2. The van der Waals surface area contributed by atoms with E-state index >= 15 is 0 Å². The summed E-state index contributed by atoms with van der Waals surface area (Å²) in [5, 5.41) is 3.77. The molecule has 0 aromatic carbocycles. The van der Waals surface area contributed by atoms with E-state index in [2.05, 4.69) is 5.32 Å². The summed E-state index contributed by atoms with van der Waals surface area (Å²) in [4.78, 5) is 26.4. The molecule has 0 saturated carbocycles. The maximum atomic E-state index is 12.1. The second-order valence-corrected chi connectivity index (χ2v) is 5.80. The predicted molar refractivity (Wildman–Crippen MR) is 86.4 cm³/mol. The van der Waals surface area contributed by atoms with Gasteiger partial charge in [0.2, 0.25) is 0 Å². The SMILES string of the molecule is CCOC(=O)c1c(NCCN(C)C)sc(C(=O)CC)c1N. The van der Waals surface area contributed by atoms with Crippen LogP contribution in [0, 0.1) is 0 Å². The first kappa shape index (κ1) is 17.5. The molecule has 0 aliphatic rings. The molecule has 3 N–H and O–H groups in total. The first-order valence-corrected chi connectivity index (χ1v) is 7.75. The third-order valence-electron chi connectivity index (χ3n) is 2.84. The Hall–Kier alpha value is -1.60. The van der Waals surface area contributed by atoms with Gasteiger partial charge < -0.3 is 20.7 Å². The highest BCUT2D eigenvalue weighted by Gasteiger charge is 2.25. The zero-order valence-electron chi connectivity index (χ0n) is 13.0. The van der Waals surface area contributed by atoms with E-state index in [4.69, 9.17) is 10.5 Å². The van der Waals surface area contributed by atoms with Gasteiger partial charge in [-0.05, 0) is 21.0 Å². The van der Waals surface area contributed by atoms with Gasteiger partial charge in [-0.2, -0.15) is 0 Å². The van der Waals surface area contributed by atoms with Crippen LogP contribution < -0.4 is 11.1 Å². The number of carbonyl (C=O) groups is 2. The van der Waals surface area contributed by atoms with Crippen LogP contribution in [0.25, 0.3) is 0 Å². The van der Waals surface area contributed by atoms with Crippen LogP contribution in [0.2, 0.25) is 0 Å². The van der Waals surface area contributed by atoms with Gasteiger partial charge in [0, 0.05) is 19.5 Å². The van der Waals surface area contributed by atoms with Gasteiger partial charge in [0.15, 0.2) is 5.78 Å². The van der Waals surface area contributed by atoms with Crippen LogP contribution in [0.15, 0.2) is 0 Å². The first-order chi connectivity index (χ1) is 9.92. The van der Waals surface area contributed by atoms with Gasteiger partial charge in [0.05, 0.1) is 17.2 Å². The summed E-state index contributed by atoms with van der Waals surface area (Å²) in [6, 6.07) is 0. The lowest BCUT2D eigenvalue weighted by molar-refractivity contribution is 0.0529. The van der Waals surface area contributed by atoms with Crippen molar-refractivity contribution in [1.82, 2.24) is 4.90 Å². The number of nitrogens with one attached hydrogen (secondary N) is 1. The molecule has 1 aromatic heterocycles. The van der Waals surface area contributed by atoms with Crippen molar-refractivity contribution in [3.8, 4) is 0 Å². The van der Waals surface area contributed by atoms with Gasteiger partial charge in [0.25, 0.3) is 0 Å². The molecule has 0 unspecified atom stereocenters. The third-order valence-corrected chi connectivity index (χ3v) is 4.05. The van der Waals surface area contributed by atoms with E-state index in [9.17, 15) is 9.59 Å². The second-order valence-electron chi connectivity index (χ2n) is 4.78. The molecule has 0 saturated heterocycles. The Morgan fingerprint density at radius 1 is 1.33 bits per heavy atom. The van der Waals surface area contributed by atoms with Crippen LogP contribution >= 0.6 is 11.3 Å². The molecule has 0 aliphatic heterocycles. The van der Waals surface area contributed by atoms with Gasteiger partial charge in [-0.3, -0.25) is 4.79 Å². The molecule has 0 radical (unpaired) electrons. The molecule has 1 heterocycles. The fourth-order valence-electron chi connectivity index (χ4n) is 1.74. The van der Waals surface area contributed by atoms with Crippen molar-refractivity contribution in [3.05, 3.63) is 10.4 Å². The van der Waals surface area contributed by atoms with E-state index in [0.29, 0.717) is 22.8 Å². The monoisotopic (exact) mass is 313 g/mol. The summed E-state index contributed by atoms with van der Waals surface area (Å²) in [5.41, 5.74) is 6.48. The van der Waals surface area contributed by atoms with Crippen LogP contribution in [0.1, 0.15) is 40.3 Å². The summed E-state index contributed by atoms with van der Waals surface area (Å²) < 4.78 is 5.03. The lowest BCUT2D eigenvalue weighted by Gasteiger charge is -2.11. The molecule has 21 heavy (non-hydrogen) atoms. The largest absolute Gasteiger partial charge is 0.462 e. The van der Waals surface area contributed by atoms with Crippen LogP contribution in [-0.2, 0) is 4.74 Å². The molecule has 0 fully saturated rings. The molecule has 1 rings (SSSR count). The Morgan fingerprint density at radius 2 is 2.00 bits per heavy atom. The molecule has 1 aromatic rings. The lowest BCUT2D eigenvalue weighted by atomic mass is 10.2. The van der Waals surface area contributed by atoms with E-state index < -0.39 is 5.97 Å². The Bertz CT molecular complexity index is 512. The molecule has 0 atom stereocenters. The summed E-state index contributed by atoms with van der Waals surface area (Å²) in [6.45, 7) is 5.22. The van der Waals surface area contributed by atoms with Crippen molar-refractivity contribution in [1.29, 1.82) is 0 Å². The molecule has 6 nitrogen and oxygen atoms in total. The number of hydrogen-bond donors (Lipinski definition) is 2. The topological polar surface area (TPSA) is 84.7 Å². The lowest BCUT2D eigenvalue weighted by Crippen LogP contribution is -2.21. The van der Waals surface area contributed by atoms with Gasteiger partial charge in [-0.15, -0.1) is 11.3 Å². The minimum Gasteiger partial charge on any atom is -0.462 e. The smallest absolute Gasteiger partial charge is 0.343 e. The molecular weight excluding hydrogens is 290 g/mol. The number of hydrogen-bond acceptors (Lipinski definition) is 7. The molecule has 0 spiro atoms. The predicted octanol–water partition coefficient (Wildman–Crippen LogP) is 2.07. The van der Waals surface area contributed by atoms with Crippen LogP contribution in [-0.4, -0.2) is 50.4 Å². The Balaban J connectivity index is 3.07. The van der Waals surface area contributed by atoms with Gasteiger partial charge >= 0.3 is 5.97 Å². The van der Waals surface area contributed by atoms with E-state index in [-0.39, 0.29) is 23.6 Å². The zero-order valence-corrected chi connectivity index (χ0v) is 13.8. The van der Waals surface area contributed by atoms with Crippen LogP contribution in [0.3, 0.4) is 0 Å². The third kappa shape index (κ3) is 4.44. The highest BCUT2D eigenvalue weighted by Crippen LogP contribution is 2.37. The number of esters is 1. The molecule has 0 aliphatic carbocycles. The average Bonchev–Trinajstić information content (AvgIpc) is 2.75. The quantitative estimate of drug-likeness (QED) is 0.564. The van der Waals surface area contributed by atoms with Crippen molar-refractivity contribution in [2.45, 2.75) is 20.3 Å². The van der Waals surface area contributed by atoms with Crippen molar-refractivity contribution < 1.29 is 14.3 Å². The molecule has 118 valence electrons. The molecule has 0 bridgehead atoms. The van der Waals surface area contributed by atoms with Crippen molar-refractivity contribution >= 4 is 33.8 Å². The fourth-order valence-corrected chi connectivity index (χ4v) is 2.88. The number of ketones is 1. The summed E-state index contributed by atoms with van der Waals surface area (Å²) in [6.07, 6.45) is 0.351. The van der Waals surface area contributed by atoms with Crippen molar-refractivity contribution in [2.24, 2.45) is 0 Å². The zero-order chi connectivity index (χ0) is 16.0. The Kier molecular flexibility index (Phi) is 6.64. The number of thiophene rings is 1. The summed E-state index contributed by atoms with van der Waals surface area (Å²) >= 11 is 1.22. The number of nitrogen functional groups attached to an aromatic ring is 1. The van der Waals surface area contributed by atoms with Crippen molar-refractivity contribution in [3.63, 3.8) is 0 Å². The number of likely N-dealkylation sites (N-methyl/N-ethyl adjacent to an activating group) is 1. The average molecular weight is 313 g/mol. The van der Waals surface area contributed by atoms with Crippen molar-refractivity contribution in [2.75, 3.05) is 44.8 Å². The fraction of sp³-hybridized carbons (Fsp3) is 0.571. The minimum atomic E-state index is -0.492. The number of Topliss-reactive ketones (excluding diaryl/α,β-unsaturated/α-hetero) is 1. The number of anilines is 2. The standard InChI is InChI=1S/C14H23N3O3S/c1-5-9(18)12-11(15)10(14(19)20-6-2)13(21-12)16-7-8-17(3)4/h16H,5-8,15H2,1-4H3. The van der Waals surface area contributed by atoms with E-state index in [1.165, 1.54) is 11.3 Å². The minimum absolute atomic E-state index is 0.0660. The second kappa shape index (κ2) is 7.99. The normalized spacial score (nSPS) is 10.7. The summed E-state index contributed by atoms with van der Waals surface area (Å²) in [7, 11) is 3.92. The maximum Gasteiger partial charge on any atom is 0.343 e. The molecule has 0 amide bonds. The highest BCUT2D eigenvalue weighted by molar-refractivity contribution is 7.19. The number of rotatable bonds is 8. The molecular formula is C14H23N3O3S.